The number of nitrogens with one attached hydrogen (secondary N) is 1. The van der Waals surface area contributed by atoms with Gasteiger partial charge in [0.25, 0.3) is 5.56 Å². The molecule has 0 amide bonds. The SMILES string of the molecule is O=c1c2sccc2nnn1[C@@H]1CCNC1. The molecular weight excluding hydrogens is 212 g/mol. The maximum Gasteiger partial charge on any atom is 0.288 e. The largest absolute Gasteiger partial charge is 0.315 e. The van der Waals surface area contributed by atoms with E-state index in [2.05, 4.69) is 15.6 Å². The Balaban J connectivity index is 2.18. The van der Waals surface area contributed by atoms with Gasteiger partial charge in [-0.15, -0.1) is 16.4 Å². The summed E-state index contributed by atoms with van der Waals surface area (Å²) >= 11 is 1.43. The van der Waals surface area contributed by atoms with E-state index >= 15 is 0 Å². The highest BCUT2D eigenvalue weighted by molar-refractivity contribution is 7.17. The van der Waals surface area contributed by atoms with Crippen molar-refractivity contribution in [2.24, 2.45) is 0 Å². The van der Waals surface area contributed by atoms with Gasteiger partial charge in [-0.2, -0.15) is 0 Å². The van der Waals surface area contributed by atoms with Crippen LogP contribution in [0, 0.1) is 0 Å². The Morgan fingerprint density at radius 2 is 2.53 bits per heavy atom. The molecule has 1 fully saturated rings. The summed E-state index contributed by atoms with van der Waals surface area (Å²) in [5, 5.41) is 13.1. The van der Waals surface area contributed by atoms with Crippen LogP contribution in [0.25, 0.3) is 10.2 Å². The van der Waals surface area contributed by atoms with Gasteiger partial charge in [0, 0.05) is 6.54 Å². The predicted molar refractivity (Wildman–Crippen MR) is 58.2 cm³/mol. The van der Waals surface area contributed by atoms with E-state index in [1.54, 1.807) is 0 Å². The first-order chi connectivity index (χ1) is 7.36. The predicted octanol–water partition coefficient (Wildman–Crippen LogP) is 0.387. The molecule has 1 aliphatic rings. The van der Waals surface area contributed by atoms with Gasteiger partial charge in [0.15, 0.2) is 0 Å². The molecule has 1 aliphatic heterocycles. The second-order valence-corrected chi connectivity index (χ2v) is 4.54. The number of rotatable bonds is 1. The summed E-state index contributed by atoms with van der Waals surface area (Å²) in [6.07, 6.45) is 0.950. The summed E-state index contributed by atoms with van der Waals surface area (Å²) in [6, 6.07) is 1.99. The molecule has 15 heavy (non-hydrogen) atoms. The first-order valence-electron chi connectivity index (χ1n) is 4.89. The van der Waals surface area contributed by atoms with Gasteiger partial charge in [-0.3, -0.25) is 4.79 Å². The first kappa shape index (κ1) is 8.99. The third-order valence-electron chi connectivity index (χ3n) is 2.68. The molecule has 3 rings (SSSR count). The Hall–Kier alpha value is -1.27. The molecule has 1 atom stereocenters. The Bertz CT molecular complexity index is 540. The molecule has 6 heteroatoms. The van der Waals surface area contributed by atoms with Crippen molar-refractivity contribution < 1.29 is 0 Å². The Kier molecular flexibility index (Phi) is 2.03. The van der Waals surface area contributed by atoms with E-state index in [0.29, 0.717) is 10.2 Å². The Labute approximate surface area is 89.7 Å². The number of fused-ring (bicyclic) bond motifs is 1. The highest BCUT2D eigenvalue weighted by atomic mass is 32.1. The van der Waals surface area contributed by atoms with Gasteiger partial charge >= 0.3 is 0 Å². The number of thiophene rings is 1. The third-order valence-corrected chi connectivity index (χ3v) is 3.57. The molecule has 78 valence electrons. The van der Waals surface area contributed by atoms with Crippen LogP contribution in [0.5, 0.6) is 0 Å². The highest BCUT2D eigenvalue weighted by Gasteiger charge is 2.20. The first-order valence-corrected chi connectivity index (χ1v) is 5.77. The summed E-state index contributed by atoms with van der Waals surface area (Å²) in [5.41, 5.74) is 0.691. The van der Waals surface area contributed by atoms with Crippen molar-refractivity contribution in [1.29, 1.82) is 0 Å². The van der Waals surface area contributed by atoms with Crippen LogP contribution in [-0.4, -0.2) is 28.1 Å². The second-order valence-electron chi connectivity index (χ2n) is 3.62. The van der Waals surface area contributed by atoms with E-state index in [9.17, 15) is 4.79 Å². The fourth-order valence-corrected chi connectivity index (χ4v) is 2.63. The molecule has 1 N–H and O–H groups in total. The van der Waals surface area contributed by atoms with Crippen molar-refractivity contribution in [2.45, 2.75) is 12.5 Å². The van der Waals surface area contributed by atoms with Gasteiger partial charge in [0.05, 0.1) is 6.04 Å². The van der Waals surface area contributed by atoms with Crippen LogP contribution in [0.1, 0.15) is 12.5 Å². The molecule has 2 aromatic rings. The fourth-order valence-electron chi connectivity index (χ4n) is 1.87. The van der Waals surface area contributed by atoms with E-state index in [1.807, 2.05) is 11.4 Å². The average Bonchev–Trinajstić information content (AvgIpc) is 2.87. The maximum atomic E-state index is 12.0. The second kappa shape index (κ2) is 3.39. The Morgan fingerprint density at radius 1 is 1.60 bits per heavy atom. The fraction of sp³-hybridized carbons (Fsp3) is 0.444. The van der Waals surface area contributed by atoms with Crippen molar-refractivity contribution in [2.75, 3.05) is 13.1 Å². The van der Waals surface area contributed by atoms with Crippen molar-refractivity contribution in [3.63, 3.8) is 0 Å². The zero-order valence-electron chi connectivity index (χ0n) is 8.01. The molecule has 0 aliphatic carbocycles. The lowest BCUT2D eigenvalue weighted by molar-refractivity contribution is 0.449. The molecule has 2 aromatic heterocycles. The van der Waals surface area contributed by atoms with E-state index in [4.69, 9.17) is 0 Å². The summed E-state index contributed by atoms with van der Waals surface area (Å²) in [6.45, 7) is 1.76. The van der Waals surface area contributed by atoms with Crippen LogP contribution in [-0.2, 0) is 0 Å². The molecular formula is C9H10N4OS. The van der Waals surface area contributed by atoms with E-state index in [1.165, 1.54) is 16.0 Å². The van der Waals surface area contributed by atoms with Gasteiger partial charge in [0.1, 0.15) is 10.2 Å². The average molecular weight is 222 g/mol. The quantitative estimate of drug-likeness (QED) is 0.758. The van der Waals surface area contributed by atoms with Crippen LogP contribution < -0.4 is 10.9 Å². The molecule has 0 bridgehead atoms. The monoisotopic (exact) mass is 222 g/mol. The third kappa shape index (κ3) is 1.37. The summed E-state index contributed by atoms with van der Waals surface area (Å²) in [5.74, 6) is 0. The highest BCUT2D eigenvalue weighted by Crippen LogP contribution is 2.15. The van der Waals surface area contributed by atoms with Crippen LogP contribution >= 0.6 is 11.3 Å². The lowest BCUT2D eigenvalue weighted by atomic mass is 10.3. The Morgan fingerprint density at radius 3 is 3.33 bits per heavy atom. The molecule has 0 spiro atoms. The minimum atomic E-state index is -0.0105. The smallest absolute Gasteiger partial charge is 0.288 e. The summed E-state index contributed by atoms with van der Waals surface area (Å²) in [4.78, 5) is 12.0. The number of hydrogen-bond donors (Lipinski definition) is 1. The van der Waals surface area contributed by atoms with Gasteiger partial charge in [-0.05, 0) is 24.4 Å². The standard InChI is InChI=1S/C9H10N4OS/c14-9-8-7(2-4-15-8)11-12-13(9)6-1-3-10-5-6/h2,4,6,10H,1,3,5H2/t6-/m1/s1. The molecule has 0 aromatic carbocycles. The minimum absolute atomic E-state index is 0.0105. The van der Waals surface area contributed by atoms with E-state index < -0.39 is 0 Å². The maximum absolute atomic E-state index is 12.0. The molecule has 0 saturated carbocycles. The van der Waals surface area contributed by atoms with Crippen LogP contribution in [0.3, 0.4) is 0 Å². The van der Waals surface area contributed by atoms with Crippen molar-refractivity contribution in [3.8, 4) is 0 Å². The molecule has 3 heterocycles. The molecule has 1 saturated heterocycles. The van der Waals surface area contributed by atoms with Crippen molar-refractivity contribution in [1.82, 2.24) is 20.3 Å². The molecule has 0 unspecified atom stereocenters. The van der Waals surface area contributed by atoms with Gasteiger partial charge in [-0.1, -0.05) is 5.21 Å². The van der Waals surface area contributed by atoms with Crippen LogP contribution in [0.4, 0.5) is 0 Å². The van der Waals surface area contributed by atoms with E-state index in [-0.39, 0.29) is 11.6 Å². The lowest BCUT2D eigenvalue weighted by Crippen LogP contribution is -2.29. The van der Waals surface area contributed by atoms with Crippen molar-refractivity contribution >= 4 is 21.6 Å². The number of aromatic nitrogens is 3. The minimum Gasteiger partial charge on any atom is -0.315 e. The summed E-state index contributed by atoms with van der Waals surface area (Å²) in [7, 11) is 0. The number of nitrogens with zero attached hydrogens (tertiary/aromatic N) is 3. The van der Waals surface area contributed by atoms with Gasteiger partial charge in [-0.25, -0.2) is 4.68 Å². The zero-order valence-corrected chi connectivity index (χ0v) is 8.83. The number of hydrogen-bond acceptors (Lipinski definition) is 5. The van der Waals surface area contributed by atoms with Crippen molar-refractivity contribution in [3.05, 3.63) is 21.8 Å². The summed E-state index contributed by atoms with van der Waals surface area (Å²) < 4.78 is 2.22. The normalized spacial score (nSPS) is 21.2. The molecule has 0 radical (unpaired) electrons. The lowest BCUT2D eigenvalue weighted by Gasteiger charge is -2.08. The zero-order chi connectivity index (χ0) is 10.3. The topological polar surface area (TPSA) is 59.8 Å². The van der Waals surface area contributed by atoms with Crippen LogP contribution in [0.15, 0.2) is 16.2 Å². The van der Waals surface area contributed by atoms with Gasteiger partial charge in [0.2, 0.25) is 0 Å². The molecule has 5 nitrogen and oxygen atoms in total. The van der Waals surface area contributed by atoms with Gasteiger partial charge < -0.3 is 5.32 Å². The van der Waals surface area contributed by atoms with E-state index in [0.717, 1.165) is 19.5 Å². The van der Waals surface area contributed by atoms with Crippen LogP contribution in [0.2, 0.25) is 0 Å².